The lowest BCUT2D eigenvalue weighted by atomic mass is 10.0. The SMILES string of the molecule is O=C1c2c(Cl)c(Cl)c(Cl)c(Cl)c2C(=O)C1c1nc2ccccc2[nH]1. The van der Waals surface area contributed by atoms with E-state index >= 15 is 0 Å². The maximum absolute atomic E-state index is 12.8. The Kier molecular flexibility index (Phi) is 3.62. The predicted octanol–water partition coefficient (Wildman–Crippen LogP) is 5.34. The molecule has 8 heteroatoms. The summed E-state index contributed by atoms with van der Waals surface area (Å²) in [5.74, 6) is -1.90. The second-order valence-electron chi connectivity index (χ2n) is 5.31. The van der Waals surface area contributed by atoms with E-state index in [1.165, 1.54) is 0 Å². The van der Waals surface area contributed by atoms with E-state index in [9.17, 15) is 9.59 Å². The molecule has 1 aliphatic rings. The zero-order valence-corrected chi connectivity index (χ0v) is 14.7. The van der Waals surface area contributed by atoms with E-state index in [2.05, 4.69) is 9.97 Å². The average Bonchev–Trinajstić information content (AvgIpc) is 3.09. The van der Waals surface area contributed by atoms with Gasteiger partial charge in [0, 0.05) is 0 Å². The molecular weight excluding hydrogens is 394 g/mol. The summed E-state index contributed by atoms with van der Waals surface area (Å²) in [5, 5.41) is -0.238. The third-order valence-electron chi connectivity index (χ3n) is 3.97. The van der Waals surface area contributed by atoms with E-state index in [0.717, 1.165) is 5.52 Å². The highest BCUT2D eigenvalue weighted by molar-refractivity contribution is 6.55. The van der Waals surface area contributed by atoms with Gasteiger partial charge in [0.25, 0.3) is 0 Å². The number of aromatic amines is 1. The van der Waals surface area contributed by atoms with Crippen LogP contribution in [0.15, 0.2) is 24.3 Å². The monoisotopic (exact) mass is 398 g/mol. The van der Waals surface area contributed by atoms with Crippen molar-refractivity contribution in [1.29, 1.82) is 0 Å². The number of H-pyrrole nitrogens is 1. The first-order valence-electron chi connectivity index (χ1n) is 6.80. The van der Waals surface area contributed by atoms with Crippen molar-refractivity contribution in [3.05, 3.63) is 61.3 Å². The van der Waals surface area contributed by atoms with E-state index in [4.69, 9.17) is 46.4 Å². The number of nitrogens with one attached hydrogen (secondary N) is 1. The lowest BCUT2D eigenvalue weighted by Gasteiger charge is -2.07. The van der Waals surface area contributed by atoms with Crippen LogP contribution >= 0.6 is 46.4 Å². The zero-order valence-electron chi connectivity index (χ0n) is 11.7. The van der Waals surface area contributed by atoms with Gasteiger partial charge in [0.1, 0.15) is 11.7 Å². The molecular formula is C16H6Cl4N2O2. The minimum Gasteiger partial charge on any atom is -0.341 e. The summed E-state index contributed by atoms with van der Waals surface area (Å²) in [6.07, 6.45) is 0. The molecule has 0 aliphatic heterocycles. The highest BCUT2D eigenvalue weighted by Gasteiger charge is 2.45. The molecule has 1 N–H and O–H groups in total. The van der Waals surface area contributed by atoms with E-state index in [1.807, 2.05) is 12.1 Å². The first-order chi connectivity index (χ1) is 11.4. The largest absolute Gasteiger partial charge is 0.341 e. The summed E-state index contributed by atoms with van der Waals surface area (Å²) in [5.41, 5.74) is 1.35. The van der Waals surface area contributed by atoms with Gasteiger partial charge in [0.15, 0.2) is 11.6 Å². The highest BCUT2D eigenvalue weighted by Crippen LogP contribution is 2.47. The molecule has 1 aliphatic carbocycles. The number of hydrogen-bond acceptors (Lipinski definition) is 3. The van der Waals surface area contributed by atoms with Gasteiger partial charge in [-0.2, -0.15) is 0 Å². The maximum atomic E-state index is 12.8. The molecule has 0 saturated heterocycles. The Bertz CT molecular complexity index is 978. The van der Waals surface area contributed by atoms with Gasteiger partial charge in [-0.1, -0.05) is 58.5 Å². The predicted molar refractivity (Wildman–Crippen MR) is 94.0 cm³/mol. The van der Waals surface area contributed by atoms with Gasteiger partial charge in [-0.05, 0) is 12.1 Å². The van der Waals surface area contributed by atoms with Crippen LogP contribution in [0.5, 0.6) is 0 Å². The molecule has 1 heterocycles. The van der Waals surface area contributed by atoms with Gasteiger partial charge >= 0.3 is 0 Å². The summed E-state index contributed by atoms with van der Waals surface area (Å²) in [6, 6.07) is 7.22. The van der Waals surface area contributed by atoms with Gasteiger partial charge in [-0.25, -0.2) is 4.98 Å². The normalized spacial score (nSPS) is 14.7. The van der Waals surface area contributed by atoms with Crippen LogP contribution in [0, 0.1) is 0 Å². The van der Waals surface area contributed by atoms with Crippen LogP contribution in [-0.4, -0.2) is 21.5 Å². The highest BCUT2D eigenvalue weighted by atomic mass is 35.5. The minimum absolute atomic E-state index is 0.00785. The van der Waals surface area contributed by atoms with Crippen molar-refractivity contribution in [2.24, 2.45) is 0 Å². The fraction of sp³-hybridized carbons (Fsp3) is 0.0625. The summed E-state index contributed by atoms with van der Waals surface area (Å²) >= 11 is 24.3. The number of halogens is 4. The van der Waals surface area contributed by atoms with Crippen LogP contribution in [0.3, 0.4) is 0 Å². The smallest absolute Gasteiger partial charge is 0.183 e. The van der Waals surface area contributed by atoms with Gasteiger partial charge in [0.2, 0.25) is 0 Å². The third-order valence-corrected chi connectivity index (χ3v) is 5.77. The fourth-order valence-electron chi connectivity index (χ4n) is 2.86. The first-order valence-corrected chi connectivity index (χ1v) is 8.32. The number of carbonyl (C=O) groups is 2. The number of carbonyl (C=O) groups excluding carboxylic acids is 2. The first kappa shape index (κ1) is 15.9. The molecule has 2 aromatic carbocycles. The van der Waals surface area contributed by atoms with Crippen molar-refractivity contribution in [3.63, 3.8) is 0 Å². The van der Waals surface area contributed by atoms with E-state index in [0.29, 0.717) is 5.52 Å². The summed E-state index contributed by atoms with van der Waals surface area (Å²) in [7, 11) is 0. The molecule has 0 bridgehead atoms. The average molecular weight is 400 g/mol. The molecule has 120 valence electrons. The zero-order chi connectivity index (χ0) is 17.2. The van der Waals surface area contributed by atoms with Gasteiger partial charge in [-0.15, -0.1) is 0 Å². The lowest BCUT2D eigenvalue weighted by molar-refractivity contribution is 0.0886. The number of nitrogens with zero attached hydrogens (tertiary/aromatic N) is 1. The number of Topliss-reactive ketones (excluding diaryl/α,β-unsaturated/α-hetero) is 2. The van der Waals surface area contributed by atoms with E-state index in [-0.39, 0.29) is 37.0 Å². The molecule has 0 spiro atoms. The topological polar surface area (TPSA) is 62.8 Å². The Hall–Kier alpha value is -1.59. The van der Waals surface area contributed by atoms with Crippen molar-refractivity contribution in [2.75, 3.05) is 0 Å². The third kappa shape index (κ3) is 2.04. The van der Waals surface area contributed by atoms with Crippen molar-refractivity contribution < 1.29 is 9.59 Å². The molecule has 3 aromatic rings. The second kappa shape index (κ2) is 5.46. The van der Waals surface area contributed by atoms with Gasteiger partial charge in [0.05, 0.1) is 42.3 Å². The number of para-hydroxylation sites is 2. The Morgan fingerprint density at radius 3 is 1.92 bits per heavy atom. The molecule has 0 amide bonds. The van der Waals surface area contributed by atoms with Gasteiger partial charge in [-0.3, -0.25) is 9.59 Å². The van der Waals surface area contributed by atoms with E-state index < -0.39 is 17.5 Å². The molecule has 0 fully saturated rings. The van der Waals surface area contributed by atoms with Crippen molar-refractivity contribution in [2.45, 2.75) is 5.92 Å². The maximum Gasteiger partial charge on any atom is 0.183 e. The van der Waals surface area contributed by atoms with Crippen molar-refractivity contribution in [3.8, 4) is 0 Å². The number of ketones is 2. The summed E-state index contributed by atoms with van der Waals surface area (Å²) < 4.78 is 0. The van der Waals surface area contributed by atoms with Crippen molar-refractivity contribution >= 4 is 69.0 Å². The van der Waals surface area contributed by atoms with Crippen LogP contribution in [-0.2, 0) is 0 Å². The number of benzene rings is 2. The van der Waals surface area contributed by atoms with Crippen LogP contribution < -0.4 is 0 Å². The molecule has 0 saturated carbocycles. The Balaban J connectivity index is 1.94. The molecule has 4 nitrogen and oxygen atoms in total. The fourth-order valence-corrected chi connectivity index (χ4v) is 3.90. The van der Waals surface area contributed by atoms with Crippen molar-refractivity contribution in [1.82, 2.24) is 9.97 Å². The molecule has 1 aromatic heterocycles. The second-order valence-corrected chi connectivity index (χ2v) is 6.82. The van der Waals surface area contributed by atoms with Crippen LogP contribution in [0.1, 0.15) is 32.5 Å². The quantitative estimate of drug-likeness (QED) is 0.341. The summed E-state index contributed by atoms with van der Waals surface area (Å²) in [4.78, 5) is 32.9. The van der Waals surface area contributed by atoms with Crippen LogP contribution in [0.25, 0.3) is 11.0 Å². The Morgan fingerprint density at radius 1 is 0.833 bits per heavy atom. The molecule has 0 unspecified atom stereocenters. The Morgan fingerprint density at radius 2 is 1.38 bits per heavy atom. The Labute approximate surface area is 155 Å². The molecule has 0 radical (unpaired) electrons. The standard InChI is InChI=1S/C16H6Cl4N2O2/c17-10-7-8(11(18)13(20)12(10)19)15(24)9(14(7)23)16-21-5-3-1-2-4-6(5)22-16/h1-4,9H,(H,21,22). The molecule has 4 rings (SSSR count). The van der Waals surface area contributed by atoms with Gasteiger partial charge < -0.3 is 4.98 Å². The van der Waals surface area contributed by atoms with E-state index in [1.54, 1.807) is 12.1 Å². The number of rotatable bonds is 1. The van der Waals surface area contributed by atoms with Crippen LogP contribution in [0.2, 0.25) is 20.1 Å². The lowest BCUT2D eigenvalue weighted by Crippen LogP contribution is -2.14. The molecule has 0 atom stereocenters. The number of aromatic nitrogens is 2. The minimum atomic E-state index is -1.14. The number of fused-ring (bicyclic) bond motifs is 2. The molecule has 24 heavy (non-hydrogen) atoms. The van der Waals surface area contributed by atoms with Crippen LogP contribution in [0.4, 0.5) is 0 Å². The number of imidazole rings is 1. The summed E-state index contributed by atoms with van der Waals surface area (Å²) in [6.45, 7) is 0. The number of hydrogen-bond donors (Lipinski definition) is 1.